The summed E-state index contributed by atoms with van der Waals surface area (Å²) in [6.07, 6.45) is 0.0406. The Hall–Kier alpha value is -1.88. The van der Waals surface area contributed by atoms with Crippen LogP contribution in [0.5, 0.6) is 0 Å². The van der Waals surface area contributed by atoms with Crippen LogP contribution < -0.4 is 0 Å². The van der Waals surface area contributed by atoms with Crippen molar-refractivity contribution in [3.63, 3.8) is 0 Å². The number of carbonyl (C=O) groups is 1. The molecule has 1 aromatic carbocycles. The van der Waals surface area contributed by atoms with E-state index in [1.807, 2.05) is 6.92 Å². The van der Waals surface area contributed by atoms with Gasteiger partial charge in [-0.1, -0.05) is 6.07 Å². The highest BCUT2D eigenvalue weighted by atomic mass is 19.1. The maximum absolute atomic E-state index is 13.6. The molecule has 1 amide bonds. The minimum atomic E-state index is -0.317. The first kappa shape index (κ1) is 12.2. The molecule has 2 heterocycles. The summed E-state index contributed by atoms with van der Waals surface area (Å²) in [5.74, 6) is -0.422. The maximum atomic E-state index is 13.6. The SMILES string of the molecule is CC1CN(C(=O)c2cc3c(F)cccc3[nH]2)CCO1. The number of nitrogens with zero attached hydrogens (tertiary/aromatic N) is 1. The van der Waals surface area contributed by atoms with Gasteiger partial charge in [-0.05, 0) is 25.1 Å². The zero-order chi connectivity index (χ0) is 13.4. The van der Waals surface area contributed by atoms with Gasteiger partial charge in [-0.15, -0.1) is 0 Å². The summed E-state index contributed by atoms with van der Waals surface area (Å²) in [6.45, 7) is 3.61. The van der Waals surface area contributed by atoms with Crippen LogP contribution in [-0.2, 0) is 4.74 Å². The number of hydrogen-bond donors (Lipinski definition) is 1. The highest BCUT2D eigenvalue weighted by Crippen LogP contribution is 2.20. The zero-order valence-electron chi connectivity index (χ0n) is 10.6. The normalized spacial score (nSPS) is 19.9. The van der Waals surface area contributed by atoms with E-state index in [9.17, 15) is 9.18 Å². The van der Waals surface area contributed by atoms with Crippen molar-refractivity contribution >= 4 is 16.8 Å². The molecule has 100 valence electrons. The molecule has 1 saturated heterocycles. The summed E-state index contributed by atoms with van der Waals surface area (Å²) < 4.78 is 19.0. The molecule has 0 spiro atoms. The molecule has 1 atom stereocenters. The Morgan fingerprint density at radius 3 is 3.11 bits per heavy atom. The third-order valence-electron chi connectivity index (χ3n) is 3.37. The van der Waals surface area contributed by atoms with Crippen molar-refractivity contribution in [1.82, 2.24) is 9.88 Å². The Kier molecular flexibility index (Phi) is 2.98. The van der Waals surface area contributed by atoms with Crippen LogP contribution >= 0.6 is 0 Å². The van der Waals surface area contributed by atoms with E-state index in [1.54, 1.807) is 23.1 Å². The Morgan fingerprint density at radius 1 is 1.53 bits per heavy atom. The fourth-order valence-electron chi connectivity index (χ4n) is 2.41. The van der Waals surface area contributed by atoms with Gasteiger partial charge in [0.05, 0.1) is 12.7 Å². The van der Waals surface area contributed by atoms with Crippen LogP contribution in [0.15, 0.2) is 24.3 Å². The average Bonchev–Trinajstić information content (AvgIpc) is 2.83. The minimum absolute atomic E-state index is 0.0406. The molecule has 1 N–H and O–H groups in total. The molecule has 1 aliphatic heterocycles. The number of benzene rings is 1. The fourth-order valence-corrected chi connectivity index (χ4v) is 2.41. The maximum Gasteiger partial charge on any atom is 0.270 e. The fraction of sp³-hybridized carbons (Fsp3) is 0.357. The third-order valence-corrected chi connectivity index (χ3v) is 3.37. The van der Waals surface area contributed by atoms with Crippen LogP contribution in [0, 0.1) is 5.82 Å². The molecule has 5 heteroatoms. The van der Waals surface area contributed by atoms with E-state index < -0.39 is 0 Å². The highest BCUT2D eigenvalue weighted by Gasteiger charge is 2.23. The third kappa shape index (κ3) is 2.21. The van der Waals surface area contributed by atoms with Crippen LogP contribution in [-0.4, -0.2) is 41.6 Å². The number of amides is 1. The number of aromatic amines is 1. The van der Waals surface area contributed by atoms with Gasteiger partial charge in [-0.2, -0.15) is 0 Å². The van der Waals surface area contributed by atoms with Crippen LogP contribution in [0.25, 0.3) is 10.9 Å². The second kappa shape index (κ2) is 4.66. The number of carbonyl (C=O) groups excluding carboxylic acids is 1. The molecule has 0 aliphatic carbocycles. The van der Waals surface area contributed by atoms with E-state index in [1.165, 1.54) is 6.07 Å². The second-order valence-corrected chi connectivity index (χ2v) is 4.82. The van der Waals surface area contributed by atoms with Crippen molar-refractivity contribution in [3.05, 3.63) is 35.8 Å². The zero-order valence-corrected chi connectivity index (χ0v) is 10.6. The van der Waals surface area contributed by atoms with Gasteiger partial charge in [0.25, 0.3) is 5.91 Å². The summed E-state index contributed by atoms with van der Waals surface area (Å²) in [6, 6.07) is 6.35. The molecule has 19 heavy (non-hydrogen) atoms. The summed E-state index contributed by atoms with van der Waals surface area (Å²) in [5.41, 5.74) is 1.07. The van der Waals surface area contributed by atoms with Gasteiger partial charge in [0, 0.05) is 24.0 Å². The molecule has 1 aliphatic rings. The number of hydrogen-bond acceptors (Lipinski definition) is 2. The van der Waals surface area contributed by atoms with Gasteiger partial charge in [0.15, 0.2) is 0 Å². The monoisotopic (exact) mass is 262 g/mol. The second-order valence-electron chi connectivity index (χ2n) is 4.82. The van der Waals surface area contributed by atoms with Crippen molar-refractivity contribution in [1.29, 1.82) is 0 Å². The topological polar surface area (TPSA) is 45.3 Å². The molecular weight excluding hydrogens is 247 g/mol. The Morgan fingerprint density at radius 2 is 2.37 bits per heavy atom. The van der Waals surface area contributed by atoms with Crippen molar-refractivity contribution in [3.8, 4) is 0 Å². The number of morpholine rings is 1. The van der Waals surface area contributed by atoms with Crippen LogP contribution in [0.3, 0.4) is 0 Å². The van der Waals surface area contributed by atoms with Gasteiger partial charge in [-0.25, -0.2) is 4.39 Å². The first-order valence-corrected chi connectivity index (χ1v) is 6.33. The van der Waals surface area contributed by atoms with E-state index in [0.29, 0.717) is 36.3 Å². The van der Waals surface area contributed by atoms with E-state index in [-0.39, 0.29) is 17.8 Å². The van der Waals surface area contributed by atoms with Crippen LogP contribution in [0.1, 0.15) is 17.4 Å². The van der Waals surface area contributed by atoms with Crippen molar-refractivity contribution in [2.75, 3.05) is 19.7 Å². The van der Waals surface area contributed by atoms with Crippen molar-refractivity contribution < 1.29 is 13.9 Å². The number of fused-ring (bicyclic) bond motifs is 1. The molecular formula is C14H15FN2O2. The Balaban J connectivity index is 1.91. The van der Waals surface area contributed by atoms with Crippen molar-refractivity contribution in [2.24, 2.45) is 0 Å². The van der Waals surface area contributed by atoms with Gasteiger partial charge in [-0.3, -0.25) is 4.79 Å². The standard InChI is InChI=1S/C14H15FN2O2/c1-9-8-17(5-6-19-9)14(18)13-7-10-11(15)3-2-4-12(10)16-13/h2-4,7,9,16H,5-6,8H2,1H3. The van der Waals surface area contributed by atoms with Crippen molar-refractivity contribution in [2.45, 2.75) is 13.0 Å². The van der Waals surface area contributed by atoms with Crippen LogP contribution in [0.4, 0.5) is 4.39 Å². The first-order chi connectivity index (χ1) is 9.15. The summed E-state index contributed by atoms with van der Waals surface area (Å²) >= 11 is 0. The smallest absolute Gasteiger partial charge is 0.270 e. The van der Waals surface area contributed by atoms with E-state index in [0.717, 1.165) is 0 Å². The molecule has 1 fully saturated rings. The molecule has 1 aromatic heterocycles. The lowest BCUT2D eigenvalue weighted by Gasteiger charge is -2.30. The number of ether oxygens (including phenoxy) is 1. The predicted octanol–water partition coefficient (Wildman–Crippen LogP) is 2.17. The van der Waals surface area contributed by atoms with Gasteiger partial charge in [0.2, 0.25) is 0 Å². The predicted molar refractivity (Wildman–Crippen MR) is 69.6 cm³/mol. The largest absolute Gasteiger partial charge is 0.375 e. The van der Waals surface area contributed by atoms with E-state index in [2.05, 4.69) is 4.98 Å². The first-order valence-electron chi connectivity index (χ1n) is 6.33. The number of halogens is 1. The Labute approximate surface area is 110 Å². The highest BCUT2D eigenvalue weighted by molar-refractivity contribution is 5.98. The number of H-pyrrole nitrogens is 1. The van der Waals surface area contributed by atoms with Gasteiger partial charge in [0.1, 0.15) is 11.5 Å². The molecule has 1 unspecified atom stereocenters. The molecule has 3 rings (SSSR count). The minimum Gasteiger partial charge on any atom is -0.375 e. The van der Waals surface area contributed by atoms with Gasteiger partial charge >= 0.3 is 0 Å². The molecule has 0 radical (unpaired) electrons. The summed E-state index contributed by atoms with van der Waals surface area (Å²) in [7, 11) is 0. The van der Waals surface area contributed by atoms with Crippen LogP contribution in [0.2, 0.25) is 0 Å². The molecule has 2 aromatic rings. The number of nitrogens with one attached hydrogen (secondary N) is 1. The number of rotatable bonds is 1. The van der Waals surface area contributed by atoms with E-state index >= 15 is 0 Å². The quantitative estimate of drug-likeness (QED) is 0.856. The summed E-state index contributed by atoms with van der Waals surface area (Å²) in [5, 5.41) is 0.451. The number of aromatic nitrogens is 1. The lowest BCUT2D eigenvalue weighted by Crippen LogP contribution is -2.44. The summed E-state index contributed by atoms with van der Waals surface area (Å²) in [4.78, 5) is 17.1. The lowest BCUT2D eigenvalue weighted by atomic mass is 10.2. The molecule has 4 nitrogen and oxygen atoms in total. The lowest BCUT2D eigenvalue weighted by molar-refractivity contribution is -0.0126. The molecule has 0 bridgehead atoms. The van der Waals surface area contributed by atoms with E-state index in [4.69, 9.17) is 4.74 Å². The average molecular weight is 262 g/mol. The molecule has 0 saturated carbocycles. The van der Waals surface area contributed by atoms with Gasteiger partial charge < -0.3 is 14.6 Å². The Bertz CT molecular complexity index is 623.